The van der Waals surface area contributed by atoms with Crippen LogP contribution in [0.3, 0.4) is 0 Å². The maximum Gasteiger partial charge on any atom is 0.126 e. The molecule has 0 fully saturated rings. The molecule has 0 bridgehead atoms. The van der Waals surface area contributed by atoms with Crippen molar-refractivity contribution < 1.29 is 4.39 Å². The second-order valence-corrected chi connectivity index (χ2v) is 4.82. The molecule has 0 heterocycles. The summed E-state index contributed by atoms with van der Waals surface area (Å²) in [6, 6.07) is 5.56. The number of hydrogen-bond donors (Lipinski definition) is 1. The molecule has 104 valence electrons. The van der Waals surface area contributed by atoms with E-state index in [1.54, 1.807) is 13.1 Å². The lowest BCUT2D eigenvalue weighted by Crippen LogP contribution is -2.35. The van der Waals surface area contributed by atoms with Gasteiger partial charge in [-0.1, -0.05) is 12.7 Å². The van der Waals surface area contributed by atoms with Gasteiger partial charge in [-0.3, -0.25) is 0 Å². The molecule has 0 aliphatic heterocycles. The highest BCUT2D eigenvalue weighted by Crippen LogP contribution is 2.21. The van der Waals surface area contributed by atoms with E-state index in [1.807, 2.05) is 25.1 Å². The number of benzene rings is 1. The minimum atomic E-state index is -0.164. The number of hydrogen-bond acceptors (Lipinski definition) is 2. The van der Waals surface area contributed by atoms with E-state index in [9.17, 15) is 4.39 Å². The van der Waals surface area contributed by atoms with Crippen molar-refractivity contribution in [1.29, 1.82) is 0 Å². The number of rotatable bonds is 6. The summed E-state index contributed by atoms with van der Waals surface area (Å²) in [5.74, 6) is -0.164. The average Bonchev–Trinajstić information content (AvgIpc) is 2.37. The third kappa shape index (κ3) is 4.12. The third-order valence-electron chi connectivity index (χ3n) is 3.07. The predicted molar refractivity (Wildman–Crippen MR) is 80.7 cm³/mol. The van der Waals surface area contributed by atoms with E-state index in [0.717, 1.165) is 17.9 Å². The Balaban J connectivity index is 3.00. The average molecular weight is 262 g/mol. The Morgan fingerprint density at radius 1 is 1.47 bits per heavy atom. The second kappa shape index (κ2) is 6.98. The van der Waals surface area contributed by atoms with Crippen LogP contribution < -0.4 is 10.2 Å². The molecule has 0 amide bonds. The SMILES string of the molecule is C=CN/C(=C\C)CN(c1ccc(F)c(C)c1)C(C)C. The molecule has 19 heavy (non-hydrogen) atoms. The van der Waals surface area contributed by atoms with Gasteiger partial charge in [-0.2, -0.15) is 0 Å². The molecule has 0 saturated heterocycles. The van der Waals surface area contributed by atoms with E-state index in [4.69, 9.17) is 0 Å². The van der Waals surface area contributed by atoms with Crippen molar-refractivity contribution in [2.24, 2.45) is 0 Å². The van der Waals surface area contributed by atoms with Crippen LogP contribution in [-0.4, -0.2) is 12.6 Å². The van der Waals surface area contributed by atoms with Crippen molar-refractivity contribution in [1.82, 2.24) is 5.32 Å². The summed E-state index contributed by atoms with van der Waals surface area (Å²) in [5.41, 5.74) is 2.77. The minimum Gasteiger partial charge on any atom is -0.364 e. The normalized spacial score (nSPS) is 11.6. The van der Waals surface area contributed by atoms with E-state index >= 15 is 0 Å². The Labute approximate surface area is 115 Å². The van der Waals surface area contributed by atoms with Crippen LogP contribution in [0.15, 0.2) is 42.8 Å². The topological polar surface area (TPSA) is 15.3 Å². The Hall–Kier alpha value is -1.77. The Kier molecular flexibility index (Phi) is 5.61. The number of anilines is 1. The van der Waals surface area contributed by atoms with Gasteiger partial charge in [0.05, 0.1) is 6.54 Å². The smallest absolute Gasteiger partial charge is 0.126 e. The highest BCUT2D eigenvalue weighted by molar-refractivity contribution is 5.50. The maximum atomic E-state index is 13.4. The number of aryl methyl sites for hydroxylation is 1. The summed E-state index contributed by atoms with van der Waals surface area (Å²) in [6.07, 6.45) is 3.69. The first-order valence-electron chi connectivity index (χ1n) is 6.55. The highest BCUT2D eigenvalue weighted by atomic mass is 19.1. The Morgan fingerprint density at radius 3 is 2.63 bits per heavy atom. The van der Waals surface area contributed by atoms with Crippen molar-refractivity contribution >= 4 is 5.69 Å². The summed E-state index contributed by atoms with van der Waals surface area (Å²) in [4.78, 5) is 2.22. The monoisotopic (exact) mass is 262 g/mol. The van der Waals surface area contributed by atoms with Crippen molar-refractivity contribution in [3.05, 3.63) is 54.1 Å². The van der Waals surface area contributed by atoms with Gasteiger partial charge >= 0.3 is 0 Å². The molecule has 1 aromatic carbocycles. The second-order valence-electron chi connectivity index (χ2n) is 4.82. The first-order valence-corrected chi connectivity index (χ1v) is 6.55. The van der Waals surface area contributed by atoms with Crippen LogP contribution >= 0.6 is 0 Å². The van der Waals surface area contributed by atoms with Gasteiger partial charge in [0.15, 0.2) is 0 Å². The van der Waals surface area contributed by atoms with Gasteiger partial charge in [0.25, 0.3) is 0 Å². The maximum absolute atomic E-state index is 13.4. The number of halogens is 1. The van der Waals surface area contributed by atoms with Crippen molar-refractivity contribution in [2.75, 3.05) is 11.4 Å². The molecule has 1 N–H and O–H groups in total. The fourth-order valence-electron chi connectivity index (χ4n) is 1.91. The predicted octanol–water partition coefficient (Wildman–Crippen LogP) is 3.99. The zero-order valence-corrected chi connectivity index (χ0v) is 12.2. The van der Waals surface area contributed by atoms with Gasteiger partial charge in [0, 0.05) is 17.4 Å². The first-order chi connectivity index (χ1) is 8.99. The molecule has 0 radical (unpaired) electrons. The third-order valence-corrected chi connectivity index (χ3v) is 3.07. The largest absolute Gasteiger partial charge is 0.364 e. The fraction of sp³-hybridized carbons (Fsp3) is 0.375. The molecular weight excluding hydrogens is 239 g/mol. The van der Waals surface area contributed by atoms with Gasteiger partial charge in [0.2, 0.25) is 0 Å². The molecule has 3 heteroatoms. The number of nitrogens with zero attached hydrogens (tertiary/aromatic N) is 1. The van der Waals surface area contributed by atoms with E-state index < -0.39 is 0 Å². The minimum absolute atomic E-state index is 0.164. The number of allylic oxidation sites excluding steroid dienone is 1. The molecule has 0 aromatic heterocycles. The summed E-state index contributed by atoms with van der Waals surface area (Å²) in [5, 5.41) is 3.12. The van der Waals surface area contributed by atoms with Crippen LogP contribution in [0.4, 0.5) is 10.1 Å². The zero-order chi connectivity index (χ0) is 14.4. The van der Waals surface area contributed by atoms with E-state index in [-0.39, 0.29) is 5.82 Å². The van der Waals surface area contributed by atoms with Gasteiger partial charge in [-0.25, -0.2) is 4.39 Å². The lowest BCUT2D eigenvalue weighted by Gasteiger charge is -2.30. The van der Waals surface area contributed by atoms with Crippen molar-refractivity contribution in [3.63, 3.8) is 0 Å². The lowest BCUT2D eigenvalue weighted by molar-refractivity contribution is 0.617. The lowest BCUT2D eigenvalue weighted by atomic mass is 10.1. The van der Waals surface area contributed by atoms with Crippen LogP contribution in [0.25, 0.3) is 0 Å². The summed E-state index contributed by atoms with van der Waals surface area (Å²) < 4.78 is 13.4. The van der Waals surface area contributed by atoms with Crippen LogP contribution in [0.2, 0.25) is 0 Å². The van der Waals surface area contributed by atoms with Gasteiger partial charge in [-0.05, 0) is 57.7 Å². The van der Waals surface area contributed by atoms with Crippen LogP contribution in [0.5, 0.6) is 0 Å². The van der Waals surface area contributed by atoms with Crippen LogP contribution in [0, 0.1) is 12.7 Å². The van der Waals surface area contributed by atoms with Gasteiger partial charge < -0.3 is 10.2 Å². The summed E-state index contributed by atoms with van der Waals surface area (Å²) >= 11 is 0. The highest BCUT2D eigenvalue weighted by Gasteiger charge is 2.13. The molecule has 0 spiro atoms. The van der Waals surface area contributed by atoms with Crippen LogP contribution in [0.1, 0.15) is 26.3 Å². The summed E-state index contributed by atoms with van der Waals surface area (Å²) in [7, 11) is 0. The molecule has 1 aromatic rings. The molecule has 0 atom stereocenters. The standard InChI is InChI=1S/C16H23FN2/c1-6-14(18-7-2)11-19(12(3)4)15-8-9-16(17)13(5)10-15/h6-10,12,18H,2,11H2,1,3-5H3/b14-6-. The zero-order valence-electron chi connectivity index (χ0n) is 12.2. The molecule has 1 rings (SSSR count). The molecular formula is C16H23FN2. The fourth-order valence-corrected chi connectivity index (χ4v) is 1.91. The first kappa shape index (κ1) is 15.3. The number of nitrogens with one attached hydrogen (secondary N) is 1. The molecule has 0 aliphatic rings. The Morgan fingerprint density at radius 2 is 2.16 bits per heavy atom. The molecule has 0 saturated carbocycles. The van der Waals surface area contributed by atoms with Gasteiger partial charge in [-0.15, -0.1) is 0 Å². The van der Waals surface area contributed by atoms with E-state index in [2.05, 4.69) is 30.6 Å². The van der Waals surface area contributed by atoms with Crippen molar-refractivity contribution in [3.8, 4) is 0 Å². The van der Waals surface area contributed by atoms with Crippen LogP contribution in [-0.2, 0) is 0 Å². The van der Waals surface area contributed by atoms with Gasteiger partial charge in [0.1, 0.15) is 5.82 Å². The quantitative estimate of drug-likeness (QED) is 0.834. The Bertz CT molecular complexity index is 464. The molecule has 2 nitrogen and oxygen atoms in total. The van der Waals surface area contributed by atoms with Crippen molar-refractivity contribution in [2.45, 2.75) is 33.7 Å². The van der Waals surface area contributed by atoms with E-state index in [1.165, 1.54) is 6.07 Å². The van der Waals surface area contributed by atoms with E-state index in [0.29, 0.717) is 11.6 Å². The molecule has 0 unspecified atom stereocenters. The molecule has 0 aliphatic carbocycles. The summed E-state index contributed by atoms with van der Waals surface area (Å²) in [6.45, 7) is 12.4.